The monoisotopic (exact) mass is 322 g/mol. The van der Waals surface area contributed by atoms with Crippen LogP contribution in [0.4, 0.5) is 0 Å². The maximum absolute atomic E-state index is 10.7. The predicted molar refractivity (Wildman–Crippen MR) is 91.1 cm³/mol. The van der Waals surface area contributed by atoms with Crippen molar-refractivity contribution in [3.8, 4) is 11.1 Å². The van der Waals surface area contributed by atoms with Crippen LogP contribution in [0.5, 0.6) is 0 Å². The molecule has 4 N–H and O–H groups in total. The maximum atomic E-state index is 10.7. The van der Waals surface area contributed by atoms with Gasteiger partial charge in [-0.05, 0) is 44.2 Å². The van der Waals surface area contributed by atoms with E-state index in [0.717, 1.165) is 16.3 Å². The average molecular weight is 322 g/mol. The number of rotatable bonds is 2. The molecule has 122 valence electrons. The van der Waals surface area contributed by atoms with Gasteiger partial charge in [0.25, 0.3) is 0 Å². The van der Waals surface area contributed by atoms with Crippen LogP contribution in [0.2, 0.25) is 0 Å². The van der Waals surface area contributed by atoms with Crippen LogP contribution < -0.4 is 0 Å². The molecule has 2 atom stereocenters. The molecule has 0 amide bonds. The van der Waals surface area contributed by atoms with Crippen LogP contribution >= 0.6 is 0 Å². The molecular formula is C20H18O4. The van der Waals surface area contributed by atoms with Crippen LogP contribution in [-0.2, 0) is 13.2 Å². The molecule has 3 aromatic rings. The molecule has 4 nitrogen and oxygen atoms in total. The fourth-order valence-corrected chi connectivity index (χ4v) is 3.88. The lowest BCUT2D eigenvalue weighted by atomic mass is 9.76. The number of fused-ring (bicyclic) bond motifs is 4. The predicted octanol–water partition coefficient (Wildman–Crippen LogP) is 2.57. The second-order valence-corrected chi connectivity index (χ2v) is 6.08. The Morgan fingerprint density at radius 3 is 1.96 bits per heavy atom. The average Bonchev–Trinajstić information content (AvgIpc) is 2.64. The summed E-state index contributed by atoms with van der Waals surface area (Å²) in [4.78, 5) is 0. The third-order valence-corrected chi connectivity index (χ3v) is 4.93. The molecule has 0 bridgehead atoms. The third kappa shape index (κ3) is 1.95. The van der Waals surface area contributed by atoms with Crippen molar-refractivity contribution in [2.24, 2.45) is 0 Å². The Balaban J connectivity index is 2.23. The summed E-state index contributed by atoms with van der Waals surface area (Å²) < 4.78 is 0. The number of benzene rings is 3. The van der Waals surface area contributed by atoms with Crippen LogP contribution in [0.1, 0.15) is 34.5 Å². The van der Waals surface area contributed by atoms with Crippen LogP contribution in [0.3, 0.4) is 0 Å². The molecule has 0 aliphatic heterocycles. The molecule has 1 aliphatic rings. The molecule has 4 rings (SSSR count). The van der Waals surface area contributed by atoms with Gasteiger partial charge in [-0.1, -0.05) is 48.5 Å². The molecule has 0 saturated carbocycles. The highest BCUT2D eigenvalue weighted by molar-refractivity contribution is 5.97. The molecule has 4 heteroatoms. The highest BCUT2D eigenvalue weighted by Crippen LogP contribution is 2.49. The summed E-state index contributed by atoms with van der Waals surface area (Å²) >= 11 is 0. The topological polar surface area (TPSA) is 80.9 Å². The number of hydrogen-bond acceptors (Lipinski definition) is 4. The standard InChI is InChI=1S/C20H18O4/c21-9-15-11-5-1-2-6-12(11)16(10-22)18-17(15)13-7-3-4-8-14(13)19(23)20(18)24/h1-8,19-24H,9-10H2/t19-,20-/m0/s1. The van der Waals surface area contributed by atoms with E-state index in [1.54, 1.807) is 6.07 Å². The van der Waals surface area contributed by atoms with E-state index in [0.29, 0.717) is 27.8 Å². The molecule has 24 heavy (non-hydrogen) atoms. The maximum Gasteiger partial charge on any atom is 0.110 e. The summed E-state index contributed by atoms with van der Waals surface area (Å²) in [5.41, 5.74) is 3.94. The molecule has 0 fully saturated rings. The van der Waals surface area contributed by atoms with Gasteiger partial charge in [-0.3, -0.25) is 0 Å². The van der Waals surface area contributed by atoms with E-state index < -0.39 is 12.2 Å². The van der Waals surface area contributed by atoms with E-state index >= 15 is 0 Å². The van der Waals surface area contributed by atoms with E-state index in [1.165, 1.54) is 0 Å². The van der Waals surface area contributed by atoms with Gasteiger partial charge >= 0.3 is 0 Å². The van der Waals surface area contributed by atoms with E-state index in [9.17, 15) is 20.4 Å². The third-order valence-electron chi connectivity index (χ3n) is 4.93. The van der Waals surface area contributed by atoms with Crippen LogP contribution in [-0.4, -0.2) is 20.4 Å². The normalized spacial score (nSPS) is 19.2. The number of hydrogen-bond donors (Lipinski definition) is 4. The Hall–Kier alpha value is -2.24. The quantitative estimate of drug-likeness (QED) is 0.584. The van der Waals surface area contributed by atoms with Gasteiger partial charge < -0.3 is 20.4 Å². The van der Waals surface area contributed by atoms with Crippen molar-refractivity contribution in [3.05, 3.63) is 70.8 Å². The van der Waals surface area contributed by atoms with Gasteiger partial charge in [0.05, 0.1) is 13.2 Å². The lowest BCUT2D eigenvalue weighted by Gasteiger charge is -2.33. The van der Waals surface area contributed by atoms with Crippen molar-refractivity contribution in [1.82, 2.24) is 0 Å². The Labute approximate surface area is 139 Å². The van der Waals surface area contributed by atoms with Crippen molar-refractivity contribution in [3.63, 3.8) is 0 Å². The molecule has 0 heterocycles. The molecular weight excluding hydrogens is 304 g/mol. The summed E-state index contributed by atoms with van der Waals surface area (Å²) in [5, 5.41) is 42.9. The number of aliphatic hydroxyl groups excluding tert-OH is 4. The lowest BCUT2D eigenvalue weighted by molar-refractivity contribution is 0.0146. The van der Waals surface area contributed by atoms with Crippen LogP contribution in [0.25, 0.3) is 21.9 Å². The zero-order valence-electron chi connectivity index (χ0n) is 13.0. The van der Waals surface area contributed by atoms with Crippen molar-refractivity contribution in [1.29, 1.82) is 0 Å². The first-order chi connectivity index (χ1) is 11.7. The van der Waals surface area contributed by atoms with Gasteiger partial charge in [0.1, 0.15) is 12.2 Å². The van der Waals surface area contributed by atoms with Crippen molar-refractivity contribution in [2.45, 2.75) is 25.4 Å². The molecule has 0 saturated heterocycles. The van der Waals surface area contributed by atoms with Crippen LogP contribution in [0.15, 0.2) is 48.5 Å². The van der Waals surface area contributed by atoms with Gasteiger partial charge in [0, 0.05) is 0 Å². The Morgan fingerprint density at radius 2 is 1.29 bits per heavy atom. The first-order valence-corrected chi connectivity index (χ1v) is 7.92. The minimum atomic E-state index is -1.15. The summed E-state index contributed by atoms with van der Waals surface area (Å²) in [5.74, 6) is 0. The first-order valence-electron chi connectivity index (χ1n) is 7.92. The number of aliphatic hydroxyl groups is 4. The fourth-order valence-electron chi connectivity index (χ4n) is 3.88. The Bertz CT molecular complexity index is 932. The summed E-state index contributed by atoms with van der Waals surface area (Å²) in [6, 6.07) is 14.8. The second-order valence-electron chi connectivity index (χ2n) is 6.08. The van der Waals surface area contributed by atoms with Crippen molar-refractivity contribution < 1.29 is 20.4 Å². The fraction of sp³-hybridized carbons (Fsp3) is 0.200. The van der Waals surface area contributed by atoms with Gasteiger partial charge in [-0.2, -0.15) is 0 Å². The molecule has 0 aromatic heterocycles. The minimum absolute atomic E-state index is 0.189. The van der Waals surface area contributed by atoms with Crippen molar-refractivity contribution >= 4 is 10.8 Å². The molecule has 3 aromatic carbocycles. The van der Waals surface area contributed by atoms with E-state index in [-0.39, 0.29) is 13.2 Å². The van der Waals surface area contributed by atoms with Gasteiger partial charge in [-0.25, -0.2) is 0 Å². The molecule has 0 spiro atoms. The summed E-state index contributed by atoms with van der Waals surface area (Å²) in [6.45, 7) is -0.438. The van der Waals surface area contributed by atoms with Crippen LogP contribution in [0, 0.1) is 0 Å². The largest absolute Gasteiger partial charge is 0.392 e. The zero-order chi connectivity index (χ0) is 16.8. The SMILES string of the molecule is OCc1c2c(c(CO)c3ccccc13)[C@H](O)[C@@H](O)c1ccccc1-2. The summed E-state index contributed by atoms with van der Waals surface area (Å²) in [7, 11) is 0. The highest BCUT2D eigenvalue weighted by Gasteiger charge is 2.35. The van der Waals surface area contributed by atoms with Crippen molar-refractivity contribution in [2.75, 3.05) is 0 Å². The minimum Gasteiger partial charge on any atom is -0.392 e. The first kappa shape index (κ1) is 15.3. The molecule has 0 unspecified atom stereocenters. The van der Waals surface area contributed by atoms with Gasteiger partial charge in [0.2, 0.25) is 0 Å². The smallest absolute Gasteiger partial charge is 0.110 e. The lowest BCUT2D eigenvalue weighted by Crippen LogP contribution is -2.20. The van der Waals surface area contributed by atoms with Gasteiger partial charge in [0.15, 0.2) is 0 Å². The molecule has 0 radical (unpaired) electrons. The zero-order valence-corrected chi connectivity index (χ0v) is 13.0. The van der Waals surface area contributed by atoms with E-state index in [2.05, 4.69) is 0 Å². The van der Waals surface area contributed by atoms with E-state index in [1.807, 2.05) is 42.5 Å². The Kier molecular flexibility index (Phi) is 3.62. The Morgan fingerprint density at radius 1 is 0.708 bits per heavy atom. The van der Waals surface area contributed by atoms with E-state index in [4.69, 9.17) is 0 Å². The molecule has 1 aliphatic carbocycles. The highest BCUT2D eigenvalue weighted by atomic mass is 16.3. The second kappa shape index (κ2) is 5.69. The summed E-state index contributed by atoms with van der Waals surface area (Å²) in [6.07, 6.45) is -2.21. The van der Waals surface area contributed by atoms with Gasteiger partial charge in [-0.15, -0.1) is 0 Å².